The van der Waals surface area contributed by atoms with E-state index in [-0.39, 0.29) is 23.4 Å². The molecule has 0 bridgehead atoms. The van der Waals surface area contributed by atoms with E-state index in [2.05, 4.69) is 25.0 Å². The average molecular weight is 569 g/mol. The Kier molecular flexibility index (Phi) is 7.17. The van der Waals surface area contributed by atoms with E-state index >= 15 is 0 Å². The molecule has 11 nitrogen and oxygen atoms in total. The van der Waals surface area contributed by atoms with Crippen molar-refractivity contribution in [2.75, 3.05) is 35.2 Å². The van der Waals surface area contributed by atoms with Gasteiger partial charge in [0, 0.05) is 30.9 Å². The Bertz CT molecular complexity index is 1720. The van der Waals surface area contributed by atoms with Crippen molar-refractivity contribution in [3.8, 4) is 22.8 Å². The molecule has 0 saturated heterocycles. The smallest absolute Gasteiger partial charge is 0.264 e. The number of halogens is 2. The lowest BCUT2D eigenvalue weighted by molar-refractivity contribution is -0.114. The van der Waals surface area contributed by atoms with Crippen LogP contribution >= 0.6 is 0 Å². The average Bonchev–Trinajstić information content (AvgIpc) is 2.91. The molecular formula is C26H22F2N6O5S. The minimum atomic E-state index is -4.45. The maximum absolute atomic E-state index is 14.2. The molecule has 5 rings (SSSR count). The van der Waals surface area contributed by atoms with Crippen molar-refractivity contribution in [1.82, 2.24) is 15.0 Å². The van der Waals surface area contributed by atoms with E-state index in [9.17, 15) is 22.0 Å². The van der Waals surface area contributed by atoms with Crippen LogP contribution in [0.1, 0.15) is 6.92 Å². The predicted molar refractivity (Wildman–Crippen MR) is 142 cm³/mol. The van der Waals surface area contributed by atoms with E-state index in [1.165, 1.54) is 32.5 Å². The van der Waals surface area contributed by atoms with Crippen molar-refractivity contribution in [3.05, 3.63) is 72.6 Å². The number of benzene rings is 2. The Labute approximate surface area is 227 Å². The van der Waals surface area contributed by atoms with Crippen LogP contribution in [-0.2, 0) is 14.8 Å². The van der Waals surface area contributed by atoms with Gasteiger partial charge in [-0.15, -0.1) is 0 Å². The number of hydrogen-bond donors (Lipinski definition) is 2. The first-order valence-corrected chi connectivity index (χ1v) is 13.3. The SMILES string of the molecule is COc1ncc(-c2ccc3c(c2)N(c2ccnc(NC(C)=O)n2)CCO3)cc1NS(=O)(=O)c1ccc(F)cc1F. The Hall–Kier alpha value is -4.85. The maximum atomic E-state index is 14.2. The lowest BCUT2D eigenvalue weighted by Crippen LogP contribution is -2.29. The van der Waals surface area contributed by atoms with Gasteiger partial charge in [0.15, 0.2) is 0 Å². The minimum Gasteiger partial charge on any atom is -0.490 e. The summed E-state index contributed by atoms with van der Waals surface area (Å²) in [6.45, 7) is 2.21. The van der Waals surface area contributed by atoms with Crippen LogP contribution < -0.4 is 24.4 Å². The van der Waals surface area contributed by atoms with Crippen molar-refractivity contribution < 1.29 is 31.5 Å². The van der Waals surface area contributed by atoms with Gasteiger partial charge in [0.1, 0.15) is 40.4 Å². The number of pyridine rings is 1. The van der Waals surface area contributed by atoms with Gasteiger partial charge < -0.3 is 14.4 Å². The number of ether oxygens (including phenoxy) is 2. The second kappa shape index (κ2) is 10.7. The second-order valence-corrected chi connectivity index (χ2v) is 10.2. The minimum absolute atomic E-state index is 0.0506. The van der Waals surface area contributed by atoms with Crippen LogP contribution in [0.2, 0.25) is 0 Å². The first kappa shape index (κ1) is 26.7. The lowest BCUT2D eigenvalue weighted by atomic mass is 10.0. The zero-order valence-corrected chi connectivity index (χ0v) is 22.0. The molecule has 2 aromatic carbocycles. The number of hydrogen-bond acceptors (Lipinski definition) is 9. The number of nitrogens with one attached hydrogen (secondary N) is 2. The molecule has 0 saturated carbocycles. The van der Waals surface area contributed by atoms with Gasteiger partial charge in [-0.25, -0.2) is 27.2 Å². The molecule has 3 heterocycles. The topological polar surface area (TPSA) is 136 Å². The summed E-state index contributed by atoms with van der Waals surface area (Å²) in [7, 11) is -3.14. The van der Waals surface area contributed by atoms with E-state index in [0.29, 0.717) is 47.6 Å². The van der Waals surface area contributed by atoms with E-state index in [1.54, 1.807) is 18.2 Å². The van der Waals surface area contributed by atoms with E-state index in [0.717, 1.165) is 12.1 Å². The molecular weight excluding hydrogens is 546 g/mol. The molecule has 2 N–H and O–H groups in total. The number of methoxy groups -OCH3 is 1. The molecule has 0 aliphatic carbocycles. The number of nitrogens with zero attached hydrogens (tertiary/aromatic N) is 4. The van der Waals surface area contributed by atoms with Crippen LogP contribution in [0, 0.1) is 11.6 Å². The highest BCUT2D eigenvalue weighted by atomic mass is 32.2. The van der Waals surface area contributed by atoms with Crippen molar-refractivity contribution in [2.45, 2.75) is 11.8 Å². The summed E-state index contributed by atoms with van der Waals surface area (Å²) in [4.78, 5) is 25.3. The summed E-state index contributed by atoms with van der Waals surface area (Å²) in [6, 6.07) is 10.7. The summed E-state index contributed by atoms with van der Waals surface area (Å²) < 4.78 is 66.7. The number of sulfonamides is 1. The van der Waals surface area contributed by atoms with Crippen LogP contribution in [0.25, 0.3) is 11.1 Å². The van der Waals surface area contributed by atoms with Crippen molar-refractivity contribution in [3.63, 3.8) is 0 Å². The normalized spacial score (nSPS) is 12.8. The molecule has 0 unspecified atom stereocenters. The standard InChI is InChI=1S/C26H22F2N6O5S/c1-15(35)31-26-29-8-7-24(32-26)34-9-10-39-22-5-3-16(12-21(22)34)17-11-20(25(38-2)30-14-17)33-40(36,37)23-6-4-18(27)13-19(23)28/h3-8,11-14,33H,9-10H2,1-2H3,(H,29,31,32,35). The molecule has 0 fully saturated rings. The molecule has 14 heteroatoms. The van der Waals surface area contributed by atoms with Gasteiger partial charge in [-0.05, 0) is 42.0 Å². The Morgan fingerprint density at radius 3 is 2.65 bits per heavy atom. The summed E-state index contributed by atoms with van der Waals surface area (Å²) >= 11 is 0. The molecule has 1 amide bonds. The first-order chi connectivity index (χ1) is 19.1. The fourth-order valence-corrected chi connectivity index (χ4v) is 5.20. The first-order valence-electron chi connectivity index (χ1n) is 11.8. The Balaban J connectivity index is 1.51. The molecule has 0 radical (unpaired) electrons. The molecule has 4 aromatic rings. The van der Waals surface area contributed by atoms with Gasteiger partial charge >= 0.3 is 0 Å². The predicted octanol–water partition coefficient (Wildman–Crippen LogP) is 4.12. The van der Waals surface area contributed by atoms with Crippen molar-refractivity contribution in [1.29, 1.82) is 0 Å². The lowest BCUT2D eigenvalue weighted by Gasteiger charge is -2.31. The summed E-state index contributed by atoms with van der Waals surface area (Å²) in [5.41, 5.74) is 1.77. The molecule has 0 atom stereocenters. The third-order valence-corrected chi connectivity index (χ3v) is 7.23. The fourth-order valence-electron chi connectivity index (χ4n) is 4.09. The number of carbonyl (C=O) groups is 1. The van der Waals surface area contributed by atoms with Crippen molar-refractivity contribution >= 4 is 39.1 Å². The number of carbonyl (C=O) groups excluding carboxylic acids is 1. The highest BCUT2D eigenvalue weighted by Gasteiger charge is 2.24. The summed E-state index contributed by atoms with van der Waals surface area (Å²) in [5, 5.41) is 2.56. The molecule has 2 aromatic heterocycles. The van der Waals surface area contributed by atoms with E-state index < -0.39 is 26.6 Å². The van der Waals surface area contributed by atoms with Gasteiger partial charge in [0.2, 0.25) is 17.7 Å². The Morgan fingerprint density at radius 2 is 1.90 bits per heavy atom. The summed E-state index contributed by atoms with van der Waals surface area (Å²) in [6.07, 6.45) is 3.02. The number of fused-ring (bicyclic) bond motifs is 1. The Morgan fingerprint density at radius 1 is 1.07 bits per heavy atom. The van der Waals surface area contributed by atoms with Gasteiger partial charge in [-0.2, -0.15) is 4.98 Å². The number of rotatable bonds is 7. The molecule has 0 spiro atoms. The molecule has 1 aliphatic heterocycles. The quantitative estimate of drug-likeness (QED) is 0.338. The van der Waals surface area contributed by atoms with E-state index in [4.69, 9.17) is 9.47 Å². The largest absolute Gasteiger partial charge is 0.490 e. The van der Waals surface area contributed by atoms with Gasteiger partial charge in [-0.1, -0.05) is 6.07 Å². The fraction of sp³-hybridized carbons (Fsp3) is 0.154. The van der Waals surface area contributed by atoms with Crippen LogP contribution in [0.5, 0.6) is 11.6 Å². The van der Waals surface area contributed by atoms with Crippen molar-refractivity contribution in [2.24, 2.45) is 0 Å². The zero-order valence-electron chi connectivity index (χ0n) is 21.2. The van der Waals surface area contributed by atoms with Gasteiger partial charge in [0.05, 0.1) is 19.3 Å². The second-order valence-electron chi connectivity index (χ2n) is 8.56. The highest BCUT2D eigenvalue weighted by molar-refractivity contribution is 7.92. The zero-order chi connectivity index (χ0) is 28.4. The molecule has 1 aliphatic rings. The number of aromatic nitrogens is 3. The van der Waals surface area contributed by atoms with Crippen LogP contribution in [-0.4, -0.2) is 49.5 Å². The van der Waals surface area contributed by atoms with Gasteiger partial charge in [-0.3, -0.25) is 14.8 Å². The number of amides is 1. The molecule has 40 heavy (non-hydrogen) atoms. The third-order valence-electron chi connectivity index (χ3n) is 5.83. The number of anilines is 4. The van der Waals surface area contributed by atoms with Crippen LogP contribution in [0.15, 0.2) is 65.8 Å². The molecule has 206 valence electrons. The van der Waals surface area contributed by atoms with Crippen LogP contribution in [0.3, 0.4) is 0 Å². The monoisotopic (exact) mass is 568 g/mol. The van der Waals surface area contributed by atoms with E-state index in [1.807, 2.05) is 11.0 Å². The highest BCUT2D eigenvalue weighted by Crippen LogP contribution is 2.40. The van der Waals surface area contributed by atoms with Gasteiger partial charge in [0.25, 0.3) is 10.0 Å². The summed E-state index contributed by atoms with van der Waals surface area (Å²) in [5.74, 6) is -1.23. The third kappa shape index (κ3) is 5.47. The maximum Gasteiger partial charge on any atom is 0.264 e. The van der Waals surface area contributed by atoms with Crippen LogP contribution in [0.4, 0.5) is 31.9 Å².